The van der Waals surface area contributed by atoms with Crippen LogP contribution in [0.5, 0.6) is 0 Å². The molecule has 1 aliphatic rings. The van der Waals surface area contributed by atoms with Gasteiger partial charge in [0.05, 0.1) is 5.60 Å². The Balaban J connectivity index is 2.35. The molecule has 0 aromatic carbocycles. The van der Waals surface area contributed by atoms with E-state index in [1.807, 2.05) is 6.92 Å². The van der Waals surface area contributed by atoms with Crippen molar-refractivity contribution in [3.8, 4) is 0 Å². The van der Waals surface area contributed by atoms with Crippen molar-refractivity contribution in [2.75, 3.05) is 39.3 Å². The second-order valence-electron chi connectivity index (χ2n) is 5.22. The fourth-order valence-electron chi connectivity index (χ4n) is 1.90. The van der Waals surface area contributed by atoms with Crippen LogP contribution in [0.25, 0.3) is 0 Å². The van der Waals surface area contributed by atoms with E-state index in [0.717, 1.165) is 39.3 Å². The van der Waals surface area contributed by atoms with Crippen LogP contribution in [0.3, 0.4) is 0 Å². The number of β-amino-alcohol motifs (C(OH)–C–C–N with tert-alkyl or cyclic N) is 1. The fourth-order valence-corrected chi connectivity index (χ4v) is 1.90. The molecule has 0 amide bonds. The molecule has 1 N–H and O–H groups in total. The lowest BCUT2D eigenvalue weighted by Crippen LogP contribution is -2.52. The molecule has 90 valence electrons. The summed E-state index contributed by atoms with van der Waals surface area (Å²) in [6.45, 7) is 14.8. The molecule has 1 fully saturated rings. The molecule has 0 radical (unpaired) electrons. The van der Waals surface area contributed by atoms with Gasteiger partial charge < -0.3 is 10.0 Å². The first kappa shape index (κ1) is 12.9. The smallest absolute Gasteiger partial charge is 0.0768 e. The predicted octanol–water partition coefficient (Wildman–Crippen LogP) is 1.03. The molecule has 0 spiro atoms. The van der Waals surface area contributed by atoms with E-state index in [9.17, 15) is 5.11 Å². The van der Waals surface area contributed by atoms with E-state index in [4.69, 9.17) is 0 Å². The maximum Gasteiger partial charge on any atom is 0.0768 e. The van der Waals surface area contributed by atoms with Crippen LogP contribution in [0.4, 0.5) is 0 Å². The predicted molar refractivity (Wildman–Crippen MR) is 64.0 cm³/mol. The second-order valence-corrected chi connectivity index (χ2v) is 5.22. The zero-order valence-corrected chi connectivity index (χ0v) is 10.7. The fraction of sp³-hybridized carbons (Fsp3) is 1.00. The van der Waals surface area contributed by atoms with Crippen LogP contribution in [0, 0.1) is 5.92 Å². The molecule has 3 heteroatoms. The molecule has 3 nitrogen and oxygen atoms in total. The molecule has 0 bridgehead atoms. The Labute approximate surface area is 94.1 Å². The highest BCUT2D eigenvalue weighted by Crippen LogP contribution is 2.18. The molecule has 15 heavy (non-hydrogen) atoms. The van der Waals surface area contributed by atoms with Crippen molar-refractivity contribution in [1.82, 2.24) is 9.80 Å². The van der Waals surface area contributed by atoms with E-state index in [1.165, 1.54) is 0 Å². The number of piperazine rings is 1. The monoisotopic (exact) mass is 214 g/mol. The number of nitrogens with zero attached hydrogens (tertiary/aromatic N) is 2. The molecule has 1 aliphatic heterocycles. The van der Waals surface area contributed by atoms with E-state index >= 15 is 0 Å². The maximum atomic E-state index is 10.2. The molecule has 1 heterocycles. The quantitative estimate of drug-likeness (QED) is 0.757. The van der Waals surface area contributed by atoms with Crippen molar-refractivity contribution in [3.05, 3.63) is 0 Å². The summed E-state index contributed by atoms with van der Waals surface area (Å²) in [7, 11) is 0. The zero-order valence-electron chi connectivity index (χ0n) is 10.7. The Morgan fingerprint density at radius 1 is 1.13 bits per heavy atom. The molecular weight excluding hydrogens is 188 g/mol. The lowest BCUT2D eigenvalue weighted by atomic mass is 9.92. The first-order valence-corrected chi connectivity index (χ1v) is 6.13. The molecule has 1 unspecified atom stereocenters. The standard InChI is InChI=1S/C12H26N2O/c1-5-13-6-8-14(9-7-13)10-12(4,15)11(2)3/h11,15H,5-10H2,1-4H3. The lowest BCUT2D eigenvalue weighted by Gasteiger charge is -2.39. The number of aliphatic hydroxyl groups is 1. The van der Waals surface area contributed by atoms with Gasteiger partial charge >= 0.3 is 0 Å². The summed E-state index contributed by atoms with van der Waals surface area (Å²) in [6.07, 6.45) is 0. The van der Waals surface area contributed by atoms with Crippen LogP contribution in [-0.2, 0) is 0 Å². The molecule has 1 saturated heterocycles. The summed E-state index contributed by atoms with van der Waals surface area (Å²) in [5, 5.41) is 10.2. The average molecular weight is 214 g/mol. The number of hydrogen-bond donors (Lipinski definition) is 1. The minimum Gasteiger partial charge on any atom is -0.389 e. The zero-order chi connectivity index (χ0) is 11.5. The topological polar surface area (TPSA) is 26.7 Å². The number of likely N-dealkylation sites (N-methyl/N-ethyl adjacent to an activating group) is 1. The lowest BCUT2D eigenvalue weighted by molar-refractivity contribution is -0.0286. The Bertz CT molecular complexity index is 184. The molecule has 1 atom stereocenters. The van der Waals surface area contributed by atoms with Gasteiger partial charge in [0.15, 0.2) is 0 Å². The van der Waals surface area contributed by atoms with Crippen molar-refractivity contribution in [3.63, 3.8) is 0 Å². The Hall–Kier alpha value is -0.120. The van der Waals surface area contributed by atoms with Gasteiger partial charge in [-0.2, -0.15) is 0 Å². The summed E-state index contributed by atoms with van der Waals surface area (Å²) in [6, 6.07) is 0. The third-order valence-electron chi connectivity index (χ3n) is 3.70. The van der Waals surface area contributed by atoms with Crippen LogP contribution in [0.1, 0.15) is 27.7 Å². The van der Waals surface area contributed by atoms with Crippen LogP contribution in [0.2, 0.25) is 0 Å². The highest BCUT2D eigenvalue weighted by atomic mass is 16.3. The van der Waals surface area contributed by atoms with Crippen molar-refractivity contribution >= 4 is 0 Å². The van der Waals surface area contributed by atoms with Gasteiger partial charge in [-0.1, -0.05) is 20.8 Å². The minimum atomic E-state index is -0.547. The van der Waals surface area contributed by atoms with E-state index in [1.54, 1.807) is 0 Å². The van der Waals surface area contributed by atoms with Gasteiger partial charge in [0.2, 0.25) is 0 Å². The first-order chi connectivity index (χ1) is 6.95. The van der Waals surface area contributed by atoms with Gasteiger partial charge in [-0.25, -0.2) is 0 Å². The normalized spacial score (nSPS) is 24.4. The summed E-state index contributed by atoms with van der Waals surface area (Å²) in [5.74, 6) is 0.321. The van der Waals surface area contributed by atoms with Gasteiger partial charge in [0.25, 0.3) is 0 Å². The summed E-state index contributed by atoms with van der Waals surface area (Å²) in [4.78, 5) is 4.84. The van der Waals surface area contributed by atoms with Gasteiger partial charge in [0, 0.05) is 32.7 Å². The molecular formula is C12H26N2O. The van der Waals surface area contributed by atoms with E-state index in [0.29, 0.717) is 5.92 Å². The maximum absolute atomic E-state index is 10.2. The summed E-state index contributed by atoms with van der Waals surface area (Å²) >= 11 is 0. The van der Waals surface area contributed by atoms with Crippen molar-refractivity contribution in [2.45, 2.75) is 33.3 Å². The molecule has 0 aromatic heterocycles. The van der Waals surface area contributed by atoms with E-state index in [2.05, 4.69) is 30.6 Å². The van der Waals surface area contributed by atoms with Gasteiger partial charge in [0.1, 0.15) is 0 Å². The highest BCUT2D eigenvalue weighted by Gasteiger charge is 2.28. The van der Waals surface area contributed by atoms with Gasteiger partial charge in [-0.3, -0.25) is 4.90 Å². The minimum absolute atomic E-state index is 0.321. The summed E-state index contributed by atoms with van der Waals surface area (Å²) < 4.78 is 0. The molecule has 0 aliphatic carbocycles. The van der Waals surface area contributed by atoms with Gasteiger partial charge in [-0.15, -0.1) is 0 Å². The van der Waals surface area contributed by atoms with Crippen LogP contribution >= 0.6 is 0 Å². The Kier molecular flexibility index (Phi) is 4.56. The molecule has 1 rings (SSSR count). The van der Waals surface area contributed by atoms with E-state index in [-0.39, 0.29) is 0 Å². The number of rotatable bonds is 4. The Morgan fingerprint density at radius 2 is 1.60 bits per heavy atom. The summed E-state index contributed by atoms with van der Waals surface area (Å²) in [5.41, 5.74) is -0.547. The number of hydrogen-bond acceptors (Lipinski definition) is 3. The van der Waals surface area contributed by atoms with Crippen LogP contribution in [-0.4, -0.2) is 59.8 Å². The van der Waals surface area contributed by atoms with Crippen LogP contribution < -0.4 is 0 Å². The average Bonchev–Trinajstić information content (AvgIpc) is 2.18. The molecule has 0 aromatic rings. The third kappa shape index (κ3) is 3.74. The van der Waals surface area contributed by atoms with Crippen molar-refractivity contribution in [2.24, 2.45) is 5.92 Å². The van der Waals surface area contributed by atoms with Crippen molar-refractivity contribution in [1.29, 1.82) is 0 Å². The largest absolute Gasteiger partial charge is 0.389 e. The van der Waals surface area contributed by atoms with Crippen LogP contribution in [0.15, 0.2) is 0 Å². The van der Waals surface area contributed by atoms with Gasteiger partial charge in [-0.05, 0) is 19.4 Å². The first-order valence-electron chi connectivity index (χ1n) is 6.13. The third-order valence-corrected chi connectivity index (χ3v) is 3.70. The molecule has 0 saturated carbocycles. The Morgan fingerprint density at radius 3 is 2.00 bits per heavy atom. The SMILES string of the molecule is CCN1CCN(CC(C)(O)C(C)C)CC1. The van der Waals surface area contributed by atoms with Crippen molar-refractivity contribution < 1.29 is 5.11 Å². The van der Waals surface area contributed by atoms with E-state index < -0.39 is 5.60 Å². The highest BCUT2D eigenvalue weighted by molar-refractivity contribution is 4.83. The second kappa shape index (κ2) is 5.28.